The predicted octanol–water partition coefficient (Wildman–Crippen LogP) is 5.05. The van der Waals surface area contributed by atoms with E-state index in [0.29, 0.717) is 6.04 Å². The molecule has 2 aromatic rings. The third-order valence-corrected chi connectivity index (χ3v) is 5.51. The Hall–Kier alpha value is -0.550. The summed E-state index contributed by atoms with van der Waals surface area (Å²) in [5.74, 6) is 0. The Morgan fingerprint density at radius 3 is 2.90 bits per heavy atom. The van der Waals surface area contributed by atoms with Gasteiger partial charge in [0.05, 0.1) is 14.5 Å². The molecule has 1 aromatic carbocycles. The van der Waals surface area contributed by atoms with Crippen molar-refractivity contribution in [1.29, 1.82) is 0 Å². The lowest BCUT2D eigenvalue weighted by Crippen LogP contribution is -2.21. The van der Waals surface area contributed by atoms with E-state index in [0.717, 1.165) is 23.8 Å². The molecule has 0 saturated heterocycles. The van der Waals surface area contributed by atoms with Crippen molar-refractivity contribution in [3.63, 3.8) is 0 Å². The van der Waals surface area contributed by atoms with Gasteiger partial charge in [0, 0.05) is 26.2 Å². The summed E-state index contributed by atoms with van der Waals surface area (Å²) in [6.45, 7) is 1.75. The first-order chi connectivity index (χ1) is 10.1. The average molecular weight is 386 g/mol. The Bertz CT molecular complexity index is 624. The number of rotatable bonds is 6. The second kappa shape index (κ2) is 6.69. The molecular weight excluding hydrogens is 368 g/mol. The molecule has 0 radical (unpaired) electrons. The standard InChI is InChI=1S/C16H18BrClN2S/c1-20(9-11-7-15(17)21-10-11)16-12(3-2-4-14(16)18)8-19-13-5-6-13/h2-4,7,10,13,19H,5-6,8-9H2,1H3. The van der Waals surface area contributed by atoms with Crippen LogP contribution in [0.15, 0.2) is 33.4 Å². The van der Waals surface area contributed by atoms with Crippen LogP contribution in [0.25, 0.3) is 0 Å². The van der Waals surface area contributed by atoms with Crippen LogP contribution in [0.1, 0.15) is 24.0 Å². The van der Waals surface area contributed by atoms with E-state index in [1.165, 1.54) is 27.8 Å². The van der Waals surface area contributed by atoms with Gasteiger partial charge in [-0.15, -0.1) is 11.3 Å². The van der Waals surface area contributed by atoms with Crippen LogP contribution in [-0.4, -0.2) is 13.1 Å². The Balaban J connectivity index is 1.77. The van der Waals surface area contributed by atoms with Crippen molar-refractivity contribution in [2.24, 2.45) is 0 Å². The molecule has 112 valence electrons. The van der Waals surface area contributed by atoms with Gasteiger partial charge < -0.3 is 10.2 Å². The molecule has 21 heavy (non-hydrogen) atoms. The Morgan fingerprint density at radius 1 is 1.43 bits per heavy atom. The fourth-order valence-corrected chi connectivity index (χ4v) is 3.99. The first-order valence-corrected chi connectivity index (χ1v) is 9.13. The van der Waals surface area contributed by atoms with Crippen LogP contribution >= 0.6 is 38.9 Å². The number of hydrogen-bond donors (Lipinski definition) is 1. The minimum absolute atomic E-state index is 0.704. The van der Waals surface area contributed by atoms with E-state index in [-0.39, 0.29) is 0 Å². The highest BCUT2D eigenvalue weighted by atomic mass is 79.9. The largest absolute Gasteiger partial charge is 0.369 e. The van der Waals surface area contributed by atoms with Gasteiger partial charge in [-0.1, -0.05) is 23.7 Å². The fraction of sp³-hybridized carbons (Fsp3) is 0.375. The number of hydrogen-bond acceptors (Lipinski definition) is 3. The lowest BCUT2D eigenvalue weighted by atomic mass is 10.1. The third kappa shape index (κ3) is 4.01. The predicted molar refractivity (Wildman–Crippen MR) is 95.4 cm³/mol. The van der Waals surface area contributed by atoms with Gasteiger partial charge in [0.15, 0.2) is 0 Å². The molecular formula is C16H18BrClN2S. The smallest absolute Gasteiger partial charge is 0.0701 e. The van der Waals surface area contributed by atoms with Crippen LogP contribution in [-0.2, 0) is 13.1 Å². The van der Waals surface area contributed by atoms with Crippen LogP contribution in [0.3, 0.4) is 0 Å². The molecule has 0 spiro atoms. The van der Waals surface area contributed by atoms with Crippen molar-refractivity contribution in [1.82, 2.24) is 5.32 Å². The molecule has 1 fully saturated rings. The topological polar surface area (TPSA) is 15.3 Å². The van der Waals surface area contributed by atoms with E-state index in [1.807, 2.05) is 12.1 Å². The van der Waals surface area contributed by atoms with Crippen LogP contribution in [0.4, 0.5) is 5.69 Å². The van der Waals surface area contributed by atoms with Gasteiger partial charge in [-0.2, -0.15) is 0 Å². The maximum Gasteiger partial charge on any atom is 0.0701 e. The van der Waals surface area contributed by atoms with Crippen molar-refractivity contribution in [3.05, 3.63) is 49.6 Å². The summed E-state index contributed by atoms with van der Waals surface area (Å²) in [5, 5.41) is 6.57. The molecule has 1 aromatic heterocycles. The van der Waals surface area contributed by atoms with Gasteiger partial charge in [0.1, 0.15) is 0 Å². The normalized spacial score (nSPS) is 14.4. The highest BCUT2D eigenvalue weighted by Gasteiger charge is 2.21. The zero-order valence-corrected chi connectivity index (χ0v) is 15.1. The van der Waals surface area contributed by atoms with Crippen molar-refractivity contribution < 1.29 is 0 Å². The summed E-state index contributed by atoms with van der Waals surface area (Å²) in [6.07, 6.45) is 2.60. The number of benzene rings is 1. The second-order valence-corrected chi connectivity index (χ2v) is 8.22. The summed E-state index contributed by atoms with van der Waals surface area (Å²) in [5.41, 5.74) is 3.70. The fourth-order valence-electron chi connectivity index (χ4n) is 2.45. The number of nitrogens with one attached hydrogen (secondary N) is 1. The number of para-hydroxylation sites is 1. The van der Waals surface area contributed by atoms with E-state index in [1.54, 1.807) is 11.3 Å². The minimum Gasteiger partial charge on any atom is -0.369 e. The van der Waals surface area contributed by atoms with Gasteiger partial charge in [-0.05, 0) is 57.4 Å². The third-order valence-electron chi connectivity index (χ3n) is 3.65. The summed E-state index contributed by atoms with van der Waals surface area (Å²) >= 11 is 11.7. The Labute approximate surface area is 143 Å². The summed E-state index contributed by atoms with van der Waals surface area (Å²) in [4.78, 5) is 2.24. The van der Waals surface area contributed by atoms with E-state index >= 15 is 0 Å². The molecule has 1 N–H and O–H groups in total. The quantitative estimate of drug-likeness (QED) is 0.748. The molecule has 3 rings (SSSR count). The van der Waals surface area contributed by atoms with Gasteiger partial charge >= 0.3 is 0 Å². The van der Waals surface area contributed by atoms with E-state index in [9.17, 15) is 0 Å². The van der Waals surface area contributed by atoms with E-state index in [4.69, 9.17) is 11.6 Å². The molecule has 1 heterocycles. The lowest BCUT2D eigenvalue weighted by molar-refractivity contribution is 0.685. The van der Waals surface area contributed by atoms with E-state index in [2.05, 4.69) is 50.7 Å². The molecule has 1 aliphatic carbocycles. The monoisotopic (exact) mass is 384 g/mol. The number of halogens is 2. The Kier molecular flexibility index (Phi) is 4.89. The molecule has 1 saturated carbocycles. The van der Waals surface area contributed by atoms with E-state index < -0.39 is 0 Å². The molecule has 0 bridgehead atoms. The Morgan fingerprint density at radius 2 is 2.24 bits per heavy atom. The van der Waals surface area contributed by atoms with Crippen molar-refractivity contribution in [2.75, 3.05) is 11.9 Å². The average Bonchev–Trinajstić information content (AvgIpc) is 3.19. The summed E-state index contributed by atoms with van der Waals surface area (Å²) in [6, 6.07) is 9.04. The molecule has 5 heteroatoms. The van der Waals surface area contributed by atoms with Crippen LogP contribution < -0.4 is 10.2 Å². The molecule has 0 aliphatic heterocycles. The van der Waals surface area contributed by atoms with Crippen LogP contribution in [0, 0.1) is 0 Å². The second-order valence-electron chi connectivity index (χ2n) is 5.52. The first-order valence-electron chi connectivity index (χ1n) is 7.08. The highest BCUT2D eigenvalue weighted by molar-refractivity contribution is 9.11. The van der Waals surface area contributed by atoms with Crippen molar-refractivity contribution in [3.8, 4) is 0 Å². The molecule has 2 nitrogen and oxygen atoms in total. The van der Waals surface area contributed by atoms with Crippen molar-refractivity contribution >= 4 is 44.6 Å². The first kappa shape index (κ1) is 15.3. The van der Waals surface area contributed by atoms with Gasteiger partial charge in [0.2, 0.25) is 0 Å². The molecule has 0 unspecified atom stereocenters. The van der Waals surface area contributed by atoms with Crippen LogP contribution in [0.5, 0.6) is 0 Å². The SMILES string of the molecule is CN(Cc1csc(Br)c1)c1c(Cl)cccc1CNC1CC1. The number of nitrogens with zero attached hydrogens (tertiary/aromatic N) is 1. The number of anilines is 1. The van der Waals surface area contributed by atoms with Crippen molar-refractivity contribution in [2.45, 2.75) is 32.0 Å². The maximum atomic E-state index is 6.45. The molecule has 0 amide bonds. The maximum absolute atomic E-state index is 6.45. The zero-order valence-electron chi connectivity index (χ0n) is 11.9. The lowest BCUT2D eigenvalue weighted by Gasteiger charge is -2.23. The van der Waals surface area contributed by atoms with Gasteiger partial charge in [-0.25, -0.2) is 0 Å². The van der Waals surface area contributed by atoms with Gasteiger partial charge in [0.25, 0.3) is 0 Å². The minimum atomic E-state index is 0.704. The molecule has 1 aliphatic rings. The summed E-state index contributed by atoms with van der Waals surface area (Å²) < 4.78 is 1.17. The zero-order chi connectivity index (χ0) is 14.8. The van der Waals surface area contributed by atoms with Crippen LogP contribution in [0.2, 0.25) is 5.02 Å². The van der Waals surface area contributed by atoms with Gasteiger partial charge in [-0.3, -0.25) is 0 Å². The molecule has 0 atom stereocenters. The highest BCUT2D eigenvalue weighted by Crippen LogP contribution is 2.32. The number of thiophene rings is 1. The summed E-state index contributed by atoms with van der Waals surface area (Å²) in [7, 11) is 2.10.